The summed E-state index contributed by atoms with van der Waals surface area (Å²) in [5.41, 5.74) is 8.53. The number of aryl methyl sites for hydroxylation is 2. The minimum atomic E-state index is -0.563. The summed E-state index contributed by atoms with van der Waals surface area (Å²) in [5.74, 6) is -0.563. The molecule has 1 aromatic heterocycles. The third-order valence-electron chi connectivity index (χ3n) is 6.32. The van der Waals surface area contributed by atoms with Gasteiger partial charge in [0.1, 0.15) is 0 Å². The number of rotatable bonds is 7. The molecule has 0 aromatic carbocycles. The molecular weight excluding hydrogens is 402 g/mol. The highest BCUT2D eigenvalue weighted by atomic mass is 16.1. The largest absolute Gasteiger partial charge is 0.366 e. The van der Waals surface area contributed by atoms with Gasteiger partial charge in [-0.3, -0.25) is 19.5 Å². The molecule has 3 rings (SSSR count). The van der Waals surface area contributed by atoms with Crippen LogP contribution in [-0.2, 0) is 16.0 Å². The van der Waals surface area contributed by atoms with E-state index in [2.05, 4.69) is 27.1 Å². The average molecular weight is 444 g/mol. The Labute approximate surface area is 193 Å². The molecule has 1 aromatic rings. The highest BCUT2D eigenvalue weighted by Gasteiger charge is 2.24. The predicted octanol–water partition coefficient (Wildman–Crippen LogP) is 2.87. The van der Waals surface area contributed by atoms with Crippen LogP contribution in [-0.4, -0.2) is 66.4 Å². The number of nitrogens with one attached hydrogen (secondary N) is 1. The third-order valence-corrected chi connectivity index (χ3v) is 6.32. The first-order valence-corrected chi connectivity index (χ1v) is 12.0. The third kappa shape index (κ3) is 7.71. The van der Waals surface area contributed by atoms with Crippen LogP contribution in [0.1, 0.15) is 69.3 Å². The normalized spacial score (nSPS) is 20.6. The summed E-state index contributed by atoms with van der Waals surface area (Å²) in [6.45, 7) is 10.9. The van der Waals surface area contributed by atoms with Crippen LogP contribution < -0.4 is 11.1 Å². The molecule has 2 amide bonds. The van der Waals surface area contributed by atoms with Crippen LogP contribution in [0, 0.1) is 6.92 Å². The Morgan fingerprint density at radius 1 is 1.22 bits per heavy atom. The van der Waals surface area contributed by atoms with Crippen molar-refractivity contribution in [2.75, 3.05) is 33.2 Å². The number of aromatic nitrogens is 1. The van der Waals surface area contributed by atoms with Crippen molar-refractivity contribution >= 4 is 18.0 Å². The number of hydrogen-bond acceptors (Lipinski definition) is 5. The Hall–Kier alpha value is -2.25. The van der Waals surface area contributed by atoms with E-state index in [4.69, 9.17) is 5.73 Å². The minimum Gasteiger partial charge on any atom is -0.366 e. The quantitative estimate of drug-likeness (QED) is 0.499. The molecule has 0 saturated carbocycles. The highest BCUT2D eigenvalue weighted by Crippen LogP contribution is 2.21. The van der Waals surface area contributed by atoms with E-state index in [1.165, 1.54) is 58.3 Å². The van der Waals surface area contributed by atoms with E-state index in [9.17, 15) is 9.59 Å². The van der Waals surface area contributed by atoms with E-state index in [-0.39, 0.29) is 0 Å². The number of carbonyl (C=O) groups excluding carboxylic acids is 2. The standard InChI is InChI=1S/C14H19N3O2.C11H22N2/c1-4-5-12-11(7-6-9(2)17-12)13(16-8-18)10(3)14(15)19;1-12-7-5-6-11(10-12)13-8-3-2-4-9-13/h6-8H,4-5H2,1-3H3,(H2,15,19)(H,16,18);11H,2-10H2,1H3/b13-10-;. The first kappa shape index (κ1) is 26.0. The molecule has 0 spiro atoms. The number of carbonyl (C=O) groups is 2. The van der Waals surface area contributed by atoms with Gasteiger partial charge in [0, 0.05) is 35.1 Å². The van der Waals surface area contributed by atoms with Crippen LogP contribution in [0.2, 0.25) is 0 Å². The van der Waals surface area contributed by atoms with Crippen molar-refractivity contribution in [1.82, 2.24) is 20.1 Å². The number of pyridine rings is 1. The van der Waals surface area contributed by atoms with Gasteiger partial charge in [0.15, 0.2) is 0 Å². The zero-order valence-electron chi connectivity index (χ0n) is 20.3. The zero-order valence-corrected chi connectivity index (χ0v) is 20.3. The molecule has 7 heteroatoms. The lowest BCUT2D eigenvalue weighted by atomic mass is 10.0. The smallest absolute Gasteiger partial charge is 0.246 e. The SMILES string of the molecule is CCCc1nc(C)ccc1/C(NC=O)=C(\C)C(N)=O.CN1CCCC(N2CCCCC2)C1. The van der Waals surface area contributed by atoms with Crippen molar-refractivity contribution in [2.24, 2.45) is 5.73 Å². The topological polar surface area (TPSA) is 91.6 Å². The second-order valence-electron chi connectivity index (χ2n) is 8.98. The summed E-state index contributed by atoms with van der Waals surface area (Å²) in [5, 5.41) is 2.56. The summed E-state index contributed by atoms with van der Waals surface area (Å²) in [4.78, 5) is 31.7. The van der Waals surface area contributed by atoms with Crippen LogP contribution in [0.4, 0.5) is 0 Å². The van der Waals surface area contributed by atoms with E-state index >= 15 is 0 Å². The number of nitrogens with two attached hydrogens (primary N) is 1. The summed E-state index contributed by atoms with van der Waals surface area (Å²) in [6.07, 6.45) is 9.39. The molecule has 178 valence electrons. The van der Waals surface area contributed by atoms with Gasteiger partial charge >= 0.3 is 0 Å². The number of hydrogen-bond donors (Lipinski definition) is 2. The fourth-order valence-corrected chi connectivity index (χ4v) is 4.56. The van der Waals surface area contributed by atoms with Crippen LogP contribution in [0.25, 0.3) is 5.70 Å². The molecule has 1 unspecified atom stereocenters. The van der Waals surface area contributed by atoms with Crippen LogP contribution in [0.15, 0.2) is 17.7 Å². The maximum absolute atomic E-state index is 11.3. The van der Waals surface area contributed by atoms with Crippen LogP contribution in [0.3, 0.4) is 0 Å². The van der Waals surface area contributed by atoms with Gasteiger partial charge in [-0.15, -0.1) is 0 Å². The van der Waals surface area contributed by atoms with E-state index in [0.29, 0.717) is 17.7 Å². The zero-order chi connectivity index (χ0) is 23.5. The van der Waals surface area contributed by atoms with E-state index in [0.717, 1.165) is 35.8 Å². The van der Waals surface area contributed by atoms with Gasteiger partial charge in [0.05, 0.1) is 5.70 Å². The molecule has 2 fully saturated rings. The Morgan fingerprint density at radius 2 is 1.94 bits per heavy atom. The molecule has 3 N–H and O–H groups in total. The lowest BCUT2D eigenvalue weighted by Crippen LogP contribution is -2.48. The molecule has 32 heavy (non-hydrogen) atoms. The minimum absolute atomic E-state index is 0.315. The number of piperidine rings is 2. The van der Waals surface area contributed by atoms with E-state index < -0.39 is 5.91 Å². The van der Waals surface area contributed by atoms with Gasteiger partial charge in [-0.25, -0.2) is 0 Å². The van der Waals surface area contributed by atoms with Crippen molar-refractivity contribution < 1.29 is 9.59 Å². The van der Waals surface area contributed by atoms with Crippen molar-refractivity contribution in [3.05, 3.63) is 34.7 Å². The summed E-state index contributed by atoms with van der Waals surface area (Å²) in [7, 11) is 2.26. The molecule has 0 bridgehead atoms. The molecule has 7 nitrogen and oxygen atoms in total. The van der Waals surface area contributed by atoms with Gasteiger partial charge in [0.25, 0.3) is 0 Å². The summed E-state index contributed by atoms with van der Waals surface area (Å²) in [6, 6.07) is 4.57. The second-order valence-corrected chi connectivity index (χ2v) is 8.98. The van der Waals surface area contributed by atoms with E-state index in [1.807, 2.05) is 26.0 Å². The molecule has 0 radical (unpaired) electrons. The van der Waals surface area contributed by atoms with Gasteiger partial charge in [0.2, 0.25) is 12.3 Å². The lowest BCUT2D eigenvalue weighted by Gasteiger charge is -2.39. The summed E-state index contributed by atoms with van der Waals surface area (Å²) < 4.78 is 0. The number of amides is 2. The van der Waals surface area contributed by atoms with Gasteiger partial charge in [-0.05, 0) is 84.8 Å². The Kier molecular flexibility index (Phi) is 10.8. The number of likely N-dealkylation sites (N-methyl/N-ethyl adjacent to an activating group) is 1. The fourth-order valence-electron chi connectivity index (χ4n) is 4.56. The number of primary amides is 1. The Morgan fingerprint density at radius 3 is 2.53 bits per heavy atom. The second kappa shape index (κ2) is 13.3. The molecule has 2 saturated heterocycles. The fraction of sp³-hybridized carbons (Fsp3) is 0.640. The average Bonchev–Trinajstić information content (AvgIpc) is 2.79. The first-order chi connectivity index (χ1) is 15.4. The Balaban J connectivity index is 0.000000242. The van der Waals surface area contributed by atoms with Crippen molar-refractivity contribution in [1.29, 1.82) is 0 Å². The molecule has 2 aliphatic rings. The summed E-state index contributed by atoms with van der Waals surface area (Å²) >= 11 is 0. The molecule has 1 atom stereocenters. The first-order valence-electron chi connectivity index (χ1n) is 12.0. The van der Waals surface area contributed by atoms with Crippen molar-refractivity contribution in [3.63, 3.8) is 0 Å². The molecule has 2 aliphatic heterocycles. The molecule has 0 aliphatic carbocycles. The monoisotopic (exact) mass is 443 g/mol. The number of nitrogens with zero attached hydrogens (tertiary/aromatic N) is 3. The van der Waals surface area contributed by atoms with Crippen molar-refractivity contribution in [3.8, 4) is 0 Å². The van der Waals surface area contributed by atoms with Crippen molar-refractivity contribution in [2.45, 2.75) is 71.8 Å². The highest BCUT2D eigenvalue weighted by molar-refractivity contribution is 6.00. The Bertz CT molecular complexity index is 787. The molecular formula is C25H41N5O2. The lowest BCUT2D eigenvalue weighted by molar-refractivity contribution is -0.114. The van der Waals surface area contributed by atoms with Gasteiger partial charge in [-0.2, -0.15) is 0 Å². The molecule has 3 heterocycles. The number of likely N-dealkylation sites (tertiary alicyclic amines) is 2. The van der Waals surface area contributed by atoms with Crippen LogP contribution in [0.5, 0.6) is 0 Å². The maximum atomic E-state index is 11.3. The van der Waals surface area contributed by atoms with Gasteiger partial charge < -0.3 is 16.0 Å². The van der Waals surface area contributed by atoms with Gasteiger partial charge in [-0.1, -0.05) is 19.8 Å². The van der Waals surface area contributed by atoms with E-state index in [1.54, 1.807) is 6.92 Å². The predicted molar refractivity (Wildman–Crippen MR) is 130 cm³/mol. The van der Waals surface area contributed by atoms with Crippen LogP contribution >= 0.6 is 0 Å². The maximum Gasteiger partial charge on any atom is 0.246 e.